The van der Waals surface area contributed by atoms with Crippen LogP contribution in [0.4, 0.5) is 0 Å². The molecule has 0 aromatic heterocycles. The zero-order chi connectivity index (χ0) is 17.7. The molecule has 1 aliphatic heterocycles. The van der Waals surface area contributed by atoms with E-state index in [1.807, 2.05) is 0 Å². The summed E-state index contributed by atoms with van der Waals surface area (Å²) < 4.78 is 36.2. The predicted octanol–water partition coefficient (Wildman–Crippen LogP) is 1.14. The summed E-state index contributed by atoms with van der Waals surface area (Å²) in [5, 5.41) is -0.530. The Kier molecular flexibility index (Phi) is 6.25. The van der Waals surface area contributed by atoms with Gasteiger partial charge in [0.25, 0.3) is 0 Å². The number of nitrogens with zero attached hydrogens (tertiary/aromatic N) is 1. The van der Waals surface area contributed by atoms with E-state index in [4.69, 9.17) is 4.74 Å². The summed E-state index contributed by atoms with van der Waals surface area (Å²) in [7, 11) is -2.45. The van der Waals surface area contributed by atoms with E-state index in [2.05, 4.69) is 4.74 Å². The van der Waals surface area contributed by atoms with E-state index in [-0.39, 0.29) is 23.6 Å². The summed E-state index contributed by atoms with van der Waals surface area (Å²) in [6.07, 6.45) is 0. The fraction of sp³-hybridized carbons (Fsp3) is 0.467. The maximum atomic E-state index is 12.7. The predicted molar refractivity (Wildman–Crippen MR) is 89.4 cm³/mol. The standard InChI is InChI=1S/C15H19NO6S2/c1-3-22-14(17)11-4-6-12(7-5-11)24(19,20)16-8-9-23-13(10-16)15(18)21-2/h4-7,13H,3,8-10H2,1-2H3/t13-/m1/s1. The molecule has 7 nitrogen and oxygen atoms in total. The zero-order valence-electron chi connectivity index (χ0n) is 13.4. The number of hydrogen-bond donors (Lipinski definition) is 0. The summed E-state index contributed by atoms with van der Waals surface area (Å²) in [5.41, 5.74) is 0.289. The smallest absolute Gasteiger partial charge is 0.338 e. The summed E-state index contributed by atoms with van der Waals surface area (Å²) >= 11 is 1.38. The second-order valence-electron chi connectivity index (χ2n) is 4.99. The number of benzene rings is 1. The number of hydrogen-bond acceptors (Lipinski definition) is 7. The summed E-state index contributed by atoms with van der Waals surface area (Å²) in [6, 6.07) is 5.58. The quantitative estimate of drug-likeness (QED) is 0.715. The molecule has 1 atom stereocenters. The molecule has 1 aliphatic rings. The molecule has 0 amide bonds. The zero-order valence-corrected chi connectivity index (χ0v) is 15.1. The fourth-order valence-corrected chi connectivity index (χ4v) is 5.04. The van der Waals surface area contributed by atoms with Gasteiger partial charge in [-0.05, 0) is 31.2 Å². The Labute approximate surface area is 145 Å². The van der Waals surface area contributed by atoms with Crippen LogP contribution in [0, 0.1) is 0 Å². The minimum atomic E-state index is -3.73. The van der Waals surface area contributed by atoms with Crippen LogP contribution in [0.25, 0.3) is 0 Å². The Bertz CT molecular complexity index is 701. The van der Waals surface area contributed by atoms with Crippen LogP contribution in [0.3, 0.4) is 0 Å². The first-order valence-corrected chi connectivity index (χ1v) is 9.85. The lowest BCUT2D eigenvalue weighted by atomic mass is 10.2. The van der Waals surface area contributed by atoms with Crippen LogP contribution in [0.2, 0.25) is 0 Å². The van der Waals surface area contributed by atoms with Gasteiger partial charge in [0.05, 0.1) is 24.2 Å². The number of thioether (sulfide) groups is 1. The molecule has 0 radical (unpaired) electrons. The second kappa shape index (κ2) is 8.00. The molecule has 9 heteroatoms. The average Bonchev–Trinajstić information content (AvgIpc) is 2.61. The summed E-state index contributed by atoms with van der Waals surface area (Å²) in [5.74, 6) is -0.418. The van der Waals surface area contributed by atoms with Gasteiger partial charge in [0.15, 0.2) is 0 Å². The van der Waals surface area contributed by atoms with Gasteiger partial charge in [-0.1, -0.05) is 0 Å². The lowest BCUT2D eigenvalue weighted by molar-refractivity contribution is -0.140. The molecule has 1 aromatic carbocycles. The molecule has 1 heterocycles. The highest BCUT2D eigenvalue weighted by atomic mass is 32.2. The van der Waals surface area contributed by atoms with E-state index in [1.54, 1.807) is 6.92 Å². The molecule has 0 N–H and O–H groups in total. The monoisotopic (exact) mass is 373 g/mol. The lowest BCUT2D eigenvalue weighted by Crippen LogP contribution is -2.44. The van der Waals surface area contributed by atoms with Crippen molar-refractivity contribution in [3.05, 3.63) is 29.8 Å². The van der Waals surface area contributed by atoms with Crippen molar-refractivity contribution in [1.82, 2.24) is 4.31 Å². The highest BCUT2D eigenvalue weighted by Gasteiger charge is 2.34. The molecule has 1 fully saturated rings. The third-order valence-electron chi connectivity index (χ3n) is 3.50. The van der Waals surface area contributed by atoms with Crippen molar-refractivity contribution in [2.75, 3.05) is 32.6 Å². The first-order valence-electron chi connectivity index (χ1n) is 7.37. The highest BCUT2D eigenvalue weighted by molar-refractivity contribution is 8.00. The molecule has 0 aliphatic carbocycles. The van der Waals surface area contributed by atoms with Gasteiger partial charge in [0, 0.05) is 18.8 Å². The van der Waals surface area contributed by atoms with Crippen molar-refractivity contribution >= 4 is 33.7 Å². The number of carbonyl (C=O) groups is 2. The van der Waals surface area contributed by atoms with E-state index in [0.29, 0.717) is 12.3 Å². The van der Waals surface area contributed by atoms with E-state index in [1.165, 1.54) is 47.4 Å². The first kappa shape index (κ1) is 18.8. The number of ether oxygens (including phenoxy) is 2. The first-order chi connectivity index (χ1) is 11.4. The molecule has 0 spiro atoms. The Morgan fingerprint density at radius 3 is 2.54 bits per heavy atom. The highest BCUT2D eigenvalue weighted by Crippen LogP contribution is 2.25. The Morgan fingerprint density at radius 1 is 1.29 bits per heavy atom. The molecule has 0 bridgehead atoms. The van der Waals surface area contributed by atoms with Crippen molar-refractivity contribution in [1.29, 1.82) is 0 Å². The van der Waals surface area contributed by atoms with Crippen LogP contribution in [-0.4, -0.2) is 62.5 Å². The van der Waals surface area contributed by atoms with Crippen molar-refractivity contribution in [3.63, 3.8) is 0 Å². The largest absolute Gasteiger partial charge is 0.468 e. The maximum Gasteiger partial charge on any atom is 0.338 e. The molecule has 0 saturated carbocycles. The van der Waals surface area contributed by atoms with Gasteiger partial charge in [-0.2, -0.15) is 4.31 Å². The normalized spacial score (nSPS) is 18.8. The van der Waals surface area contributed by atoms with Gasteiger partial charge in [-0.3, -0.25) is 4.79 Å². The van der Waals surface area contributed by atoms with E-state index in [9.17, 15) is 18.0 Å². The van der Waals surface area contributed by atoms with Crippen molar-refractivity contribution in [2.45, 2.75) is 17.1 Å². The van der Waals surface area contributed by atoms with Crippen LogP contribution < -0.4 is 0 Å². The van der Waals surface area contributed by atoms with Gasteiger partial charge < -0.3 is 9.47 Å². The third-order valence-corrected chi connectivity index (χ3v) is 6.54. The van der Waals surface area contributed by atoms with Crippen LogP contribution in [0.15, 0.2) is 29.2 Å². The molecular formula is C15H19NO6S2. The molecule has 1 aromatic rings. The van der Waals surface area contributed by atoms with Crippen molar-refractivity contribution in [3.8, 4) is 0 Å². The van der Waals surface area contributed by atoms with Gasteiger partial charge in [-0.25, -0.2) is 13.2 Å². The van der Waals surface area contributed by atoms with Gasteiger partial charge in [0.2, 0.25) is 10.0 Å². The molecule has 1 saturated heterocycles. The number of rotatable bonds is 5. The minimum absolute atomic E-state index is 0.0688. The van der Waals surface area contributed by atoms with Gasteiger partial charge in [0.1, 0.15) is 5.25 Å². The fourth-order valence-electron chi connectivity index (χ4n) is 2.24. The number of methoxy groups -OCH3 is 1. The lowest BCUT2D eigenvalue weighted by Gasteiger charge is -2.30. The Hall–Kier alpha value is -1.58. The van der Waals surface area contributed by atoms with E-state index >= 15 is 0 Å². The summed E-state index contributed by atoms with van der Waals surface area (Å²) in [6.45, 7) is 2.33. The Morgan fingerprint density at radius 2 is 1.96 bits per heavy atom. The molecule has 0 unspecified atom stereocenters. The number of esters is 2. The number of sulfonamides is 1. The van der Waals surface area contributed by atoms with Crippen LogP contribution in [-0.2, 0) is 24.3 Å². The van der Waals surface area contributed by atoms with Crippen LogP contribution in [0.5, 0.6) is 0 Å². The van der Waals surface area contributed by atoms with Crippen molar-refractivity contribution in [2.24, 2.45) is 0 Å². The minimum Gasteiger partial charge on any atom is -0.468 e. The Balaban J connectivity index is 2.17. The van der Waals surface area contributed by atoms with Gasteiger partial charge >= 0.3 is 11.9 Å². The molecule has 24 heavy (non-hydrogen) atoms. The number of carbonyl (C=O) groups excluding carboxylic acids is 2. The topological polar surface area (TPSA) is 90.0 Å². The molecular weight excluding hydrogens is 354 g/mol. The average molecular weight is 373 g/mol. The third kappa shape index (κ3) is 4.08. The van der Waals surface area contributed by atoms with E-state index in [0.717, 1.165) is 0 Å². The van der Waals surface area contributed by atoms with Crippen LogP contribution >= 0.6 is 11.8 Å². The summed E-state index contributed by atoms with van der Waals surface area (Å²) in [4.78, 5) is 23.3. The molecule has 132 valence electrons. The van der Waals surface area contributed by atoms with Crippen molar-refractivity contribution < 1.29 is 27.5 Å². The SMILES string of the molecule is CCOC(=O)c1ccc(S(=O)(=O)N2CCS[C@@H](C(=O)OC)C2)cc1. The van der Waals surface area contributed by atoms with E-state index < -0.39 is 27.2 Å². The molecule has 2 rings (SSSR count). The second-order valence-corrected chi connectivity index (χ2v) is 8.24. The maximum absolute atomic E-state index is 12.7. The van der Waals surface area contributed by atoms with Gasteiger partial charge in [-0.15, -0.1) is 11.8 Å². The van der Waals surface area contributed by atoms with Crippen LogP contribution in [0.1, 0.15) is 17.3 Å².